The van der Waals surface area contributed by atoms with E-state index >= 15 is 0 Å². The van der Waals surface area contributed by atoms with Crippen LogP contribution in [0.5, 0.6) is 0 Å². The molecular weight excluding hydrogens is 252 g/mol. The fourth-order valence-corrected chi connectivity index (χ4v) is 0. The van der Waals surface area contributed by atoms with E-state index in [1.54, 1.807) is 0 Å². The van der Waals surface area contributed by atoms with Gasteiger partial charge in [0.2, 0.25) is 10.4 Å². The van der Waals surface area contributed by atoms with Gasteiger partial charge < -0.3 is 29.4 Å². The SMILES string of the molecule is O=S(=O)([O-])O.[Cl-].[Cl-].[K+].[Na+].[Na+]. The van der Waals surface area contributed by atoms with Crippen molar-refractivity contribution in [3.05, 3.63) is 0 Å². The van der Waals surface area contributed by atoms with Gasteiger partial charge in [0.05, 0.1) is 0 Å². The van der Waals surface area contributed by atoms with Crippen molar-refractivity contribution in [3.63, 3.8) is 0 Å². The maximum absolute atomic E-state index is 8.63. The van der Waals surface area contributed by atoms with Gasteiger partial charge in [-0.25, -0.2) is 8.42 Å². The van der Waals surface area contributed by atoms with Crippen LogP contribution < -0.4 is 135 Å². The van der Waals surface area contributed by atoms with E-state index < -0.39 is 10.4 Å². The third kappa shape index (κ3) is 89.0. The van der Waals surface area contributed by atoms with Crippen LogP contribution in [0.2, 0.25) is 0 Å². The molecule has 0 rings (SSSR count). The quantitative estimate of drug-likeness (QED) is 0.264. The van der Waals surface area contributed by atoms with Crippen molar-refractivity contribution in [1.29, 1.82) is 0 Å². The second kappa shape index (κ2) is 18.8. The molecule has 0 amide bonds. The molecule has 4 nitrogen and oxygen atoms in total. The second-order valence-electron chi connectivity index (χ2n) is 0.428. The van der Waals surface area contributed by atoms with E-state index in [1.165, 1.54) is 0 Å². The van der Waals surface area contributed by atoms with Crippen molar-refractivity contribution in [3.8, 4) is 0 Å². The van der Waals surface area contributed by atoms with Gasteiger partial charge in [0.25, 0.3) is 0 Å². The fourth-order valence-electron chi connectivity index (χ4n) is 0. The van der Waals surface area contributed by atoms with E-state index in [4.69, 9.17) is 17.5 Å². The molecular formula is HCl2KNa2O4S. The number of hydrogen-bond donors (Lipinski definition) is 1. The first-order chi connectivity index (χ1) is 2.00. The Hall–Kier alpha value is 4.09. The first-order valence-electron chi connectivity index (χ1n) is 0.683. The molecule has 0 atom stereocenters. The summed E-state index contributed by atoms with van der Waals surface area (Å²) < 4.78 is 32.8. The van der Waals surface area contributed by atoms with Crippen LogP contribution in [0.4, 0.5) is 0 Å². The Kier molecular flexibility index (Phi) is 69.3. The van der Waals surface area contributed by atoms with E-state index in [0.717, 1.165) is 0 Å². The smallest absolute Gasteiger partial charge is 1.00 e. The average molecular weight is 253 g/mol. The summed E-state index contributed by atoms with van der Waals surface area (Å²) in [5.41, 5.74) is 0. The minimum Gasteiger partial charge on any atom is -1.00 e. The maximum Gasteiger partial charge on any atom is 1.00 e. The van der Waals surface area contributed by atoms with Gasteiger partial charge in [-0.2, -0.15) is 0 Å². The van der Waals surface area contributed by atoms with Crippen LogP contribution in [-0.2, 0) is 10.4 Å². The van der Waals surface area contributed by atoms with Crippen molar-refractivity contribution in [2.75, 3.05) is 0 Å². The Morgan fingerprint density at radius 1 is 1.10 bits per heavy atom. The molecule has 0 radical (unpaired) electrons. The van der Waals surface area contributed by atoms with Gasteiger partial charge in [0.1, 0.15) is 0 Å². The Labute approximate surface area is 159 Å². The number of rotatable bonds is 0. The molecule has 10 heteroatoms. The van der Waals surface area contributed by atoms with E-state index in [-0.39, 0.29) is 135 Å². The van der Waals surface area contributed by atoms with E-state index in [0.29, 0.717) is 0 Å². The van der Waals surface area contributed by atoms with Gasteiger partial charge in [-0.3, -0.25) is 4.55 Å². The van der Waals surface area contributed by atoms with Crippen LogP contribution in [0.1, 0.15) is 0 Å². The molecule has 0 saturated carbocycles. The summed E-state index contributed by atoms with van der Waals surface area (Å²) in [4.78, 5) is 0. The molecule has 0 bridgehead atoms. The molecule has 0 aromatic carbocycles. The standard InChI is InChI=1S/2ClH.K.2Na.H2O4S/c;;;;;1-5(2,3)4/h2*1H;;;;(H2,1,2,3,4)/q;;3*+1;/p-3. The molecule has 0 aromatic rings. The molecule has 48 valence electrons. The third-order valence-corrected chi connectivity index (χ3v) is 0. The second-order valence-corrected chi connectivity index (χ2v) is 1.28. The van der Waals surface area contributed by atoms with E-state index in [9.17, 15) is 0 Å². The van der Waals surface area contributed by atoms with Crippen LogP contribution in [-0.4, -0.2) is 17.5 Å². The van der Waals surface area contributed by atoms with Crippen molar-refractivity contribution in [1.82, 2.24) is 0 Å². The largest absolute Gasteiger partial charge is 1.00 e. The summed E-state index contributed by atoms with van der Waals surface area (Å²) in [6, 6.07) is 0. The zero-order valence-corrected chi connectivity index (χ0v) is 15.3. The Morgan fingerprint density at radius 2 is 1.10 bits per heavy atom. The summed E-state index contributed by atoms with van der Waals surface area (Å²) in [6.07, 6.45) is 0. The first kappa shape index (κ1) is 36.9. The van der Waals surface area contributed by atoms with Gasteiger partial charge in [-0.05, 0) is 0 Å². The van der Waals surface area contributed by atoms with Crippen LogP contribution in [0.25, 0.3) is 0 Å². The number of hydrogen-bond acceptors (Lipinski definition) is 3. The Morgan fingerprint density at radius 3 is 1.10 bits per heavy atom. The summed E-state index contributed by atoms with van der Waals surface area (Å²) in [6.45, 7) is 0. The minimum atomic E-state index is -4.92. The predicted octanol–water partition coefficient (Wildman–Crippen LogP) is -16.0. The molecule has 0 heterocycles. The zero-order valence-electron chi connectivity index (χ0n) is 5.84. The van der Waals surface area contributed by atoms with Crippen molar-refractivity contribution < 1.29 is 153 Å². The molecule has 0 aliphatic rings. The monoisotopic (exact) mass is 252 g/mol. The van der Waals surface area contributed by atoms with Crippen LogP contribution in [0, 0.1) is 0 Å². The normalized spacial score (nSPS) is 5.80. The van der Waals surface area contributed by atoms with Gasteiger partial charge in [0, 0.05) is 0 Å². The average Bonchev–Trinajstić information content (AvgIpc) is 0.722. The summed E-state index contributed by atoms with van der Waals surface area (Å²) in [7, 11) is -4.92. The predicted molar refractivity (Wildman–Crippen MR) is 12.3 cm³/mol. The molecule has 0 aromatic heterocycles. The molecule has 0 aliphatic heterocycles. The summed E-state index contributed by atoms with van der Waals surface area (Å²) in [5, 5.41) is 0. The van der Waals surface area contributed by atoms with Gasteiger partial charge in [0.15, 0.2) is 0 Å². The molecule has 10 heavy (non-hydrogen) atoms. The molecule has 0 unspecified atom stereocenters. The molecule has 0 aliphatic carbocycles. The van der Waals surface area contributed by atoms with Crippen molar-refractivity contribution in [2.24, 2.45) is 0 Å². The van der Waals surface area contributed by atoms with E-state index in [1.807, 2.05) is 0 Å². The molecule has 0 fully saturated rings. The topological polar surface area (TPSA) is 77.4 Å². The first-order valence-corrected chi connectivity index (χ1v) is 2.05. The Bertz CT molecular complexity index is 104. The van der Waals surface area contributed by atoms with Gasteiger partial charge >= 0.3 is 110 Å². The van der Waals surface area contributed by atoms with Crippen LogP contribution in [0.15, 0.2) is 0 Å². The zero-order chi connectivity index (χ0) is 4.50. The summed E-state index contributed by atoms with van der Waals surface area (Å²) in [5.74, 6) is 0. The van der Waals surface area contributed by atoms with Crippen molar-refractivity contribution in [2.45, 2.75) is 0 Å². The minimum absolute atomic E-state index is 0. The maximum atomic E-state index is 8.63. The summed E-state index contributed by atoms with van der Waals surface area (Å²) >= 11 is 0. The fraction of sp³-hybridized carbons (Fsp3) is 0. The van der Waals surface area contributed by atoms with Crippen LogP contribution >= 0.6 is 0 Å². The number of halogens is 2. The van der Waals surface area contributed by atoms with Crippen molar-refractivity contribution >= 4 is 10.4 Å². The van der Waals surface area contributed by atoms with E-state index in [2.05, 4.69) is 0 Å². The molecule has 1 N–H and O–H groups in total. The van der Waals surface area contributed by atoms with Crippen LogP contribution in [0.3, 0.4) is 0 Å². The van der Waals surface area contributed by atoms with Gasteiger partial charge in [-0.15, -0.1) is 0 Å². The van der Waals surface area contributed by atoms with Gasteiger partial charge in [-0.1, -0.05) is 0 Å². The molecule has 0 saturated heterocycles. The Balaban J connectivity index is -0.00000000800. The molecule has 0 spiro atoms. The third-order valence-electron chi connectivity index (χ3n) is 0.